The van der Waals surface area contributed by atoms with Crippen molar-refractivity contribution in [2.24, 2.45) is 0 Å². The van der Waals surface area contributed by atoms with Crippen LogP contribution in [0.15, 0.2) is 23.6 Å². The van der Waals surface area contributed by atoms with E-state index in [1.54, 1.807) is 11.3 Å². The van der Waals surface area contributed by atoms with Gasteiger partial charge in [-0.05, 0) is 29.2 Å². The quantitative estimate of drug-likeness (QED) is 0.682. The third-order valence-corrected chi connectivity index (χ3v) is 3.19. The SMILES string of the molecule is CB(O)c1csc2ccc(C)cc12. The van der Waals surface area contributed by atoms with Crippen molar-refractivity contribution in [3.8, 4) is 0 Å². The van der Waals surface area contributed by atoms with E-state index in [4.69, 9.17) is 0 Å². The van der Waals surface area contributed by atoms with Gasteiger partial charge in [0.25, 0.3) is 0 Å². The van der Waals surface area contributed by atoms with Crippen molar-refractivity contribution in [2.75, 3.05) is 0 Å². The molecule has 2 rings (SSSR count). The van der Waals surface area contributed by atoms with Crippen LogP contribution >= 0.6 is 11.3 Å². The highest BCUT2D eigenvalue weighted by Gasteiger charge is 2.12. The number of aryl methyl sites for hydroxylation is 1. The Morgan fingerprint density at radius 1 is 1.38 bits per heavy atom. The Morgan fingerprint density at radius 3 is 2.85 bits per heavy atom. The second-order valence-electron chi connectivity index (χ2n) is 3.37. The fraction of sp³-hybridized carbons (Fsp3) is 0.200. The number of hydrogen-bond donors (Lipinski definition) is 1. The summed E-state index contributed by atoms with van der Waals surface area (Å²) in [6.45, 7) is 3.52. The average molecular weight is 190 g/mol. The first-order valence-electron chi connectivity index (χ1n) is 4.34. The van der Waals surface area contributed by atoms with Gasteiger partial charge in [0.1, 0.15) is 0 Å². The van der Waals surface area contributed by atoms with Gasteiger partial charge in [0.05, 0.1) is 0 Å². The first-order valence-corrected chi connectivity index (χ1v) is 5.22. The van der Waals surface area contributed by atoms with E-state index in [1.165, 1.54) is 15.6 Å². The Bertz CT molecular complexity index is 433. The monoisotopic (exact) mass is 190 g/mol. The Hall–Kier alpha value is -0.795. The molecule has 0 aliphatic heterocycles. The number of thiophene rings is 1. The molecule has 1 N–H and O–H groups in total. The second kappa shape index (κ2) is 3.16. The van der Waals surface area contributed by atoms with Gasteiger partial charge < -0.3 is 5.02 Å². The molecule has 0 amide bonds. The third kappa shape index (κ3) is 1.49. The summed E-state index contributed by atoms with van der Waals surface area (Å²) >= 11 is 1.69. The topological polar surface area (TPSA) is 20.2 Å². The van der Waals surface area contributed by atoms with Crippen LogP contribution in [0.25, 0.3) is 10.1 Å². The lowest BCUT2D eigenvalue weighted by molar-refractivity contribution is 0.594. The van der Waals surface area contributed by atoms with E-state index in [2.05, 4.69) is 25.1 Å². The zero-order chi connectivity index (χ0) is 9.42. The number of benzene rings is 1. The number of fused-ring (bicyclic) bond motifs is 1. The normalized spacial score (nSPS) is 10.7. The minimum atomic E-state index is -0.365. The highest BCUT2D eigenvalue weighted by molar-refractivity contribution is 7.18. The zero-order valence-corrected chi connectivity index (χ0v) is 8.56. The molecule has 1 nitrogen and oxygen atoms in total. The molecule has 66 valence electrons. The third-order valence-electron chi connectivity index (χ3n) is 2.21. The van der Waals surface area contributed by atoms with Crippen LogP contribution in [0.5, 0.6) is 0 Å². The molecule has 0 saturated heterocycles. The summed E-state index contributed by atoms with van der Waals surface area (Å²) < 4.78 is 1.25. The van der Waals surface area contributed by atoms with Crippen LogP contribution in [-0.2, 0) is 0 Å². The van der Waals surface area contributed by atoms with Gasteiger partial charge in [0.2, 0.25) is 0 Å². The lowest BCUT2D eigenvalue weighted by atomic mass is 9.64. The first-order chi connectivity index (χ1) is 6.18. The van der Waals surface area contributed by atoms with Gasteiger partial charge in [-0.2, -0.15) is 0 Å². The molecule has 0 radical (unpaired) electrons. The molecule has 1 aromatic heterocycles. The van der Waals surface area contributed by atoms with E-state index >= 15 is 0 Å². The largest absolute Gasteiger partial charge is 0.446 e. The van der Waals surface area contributed by atoms with Crippen molar-refractivity contribution in [1.82, 2.24) is 0 Å². The van der Waals surface area contributed by atoms with Crippen LogP contribution in [0.3, 0.4) is 0 Å². The van der Waals surface area contributed by atoms with Gasteiger partial charge in [0.15, 0.2) is 0 Å². The minimum absolute atomic E-state index is 0.365. The molecule has 1 heterocycles. The van der Waals surface area contributed by atoms with Crippen molar-refractivity contribution >= 4 is 33.8 Å². The molecule has 0 spiro atoms. The summed E-state index contributed by atoms with van der Waals surface area (Å²) in [4.78, 5) is 0. The number of rotatable bonds is 1. The predicted molar refractivity (Wildman–Crippen MR) is 60.0 cm³/mol. The van der Waals surface area contributed by atoms with E-state index in [9.17, 15) is 5.02 Å². The van der Waals surface area contributed by atoms with Gasteiger partial charge in [-0.15, -0.1) is 11.3 Å². The average Bonchev–Trinajstić information content (AvgIpc) is 2.46. The maximum Gasteiger partial charge on any atom is 0.321 e. The minimum Gasteiger partial charge on any atom is -0.446 e. The lowest BCUT2D eigenvalue weighted by Crippen LogP contribution is -2.24. The molecule has 0 bridgehead atoms. The van der Waals surface area contributed by atoms with E-state index in [-0.39, 0.29) is 6.92 Å². The Balaban J connectivity index is 2.71. The predicted octanol–water partition coefficient (Wildman–Crippen LogP) is 2.03. The van der Waals surface area contributed by atoms with Crippen molar-refractivity contribution < 1.29 is 5.02 Å². The summed E-state index contributed by atoms with van der Waals surface area (Å²) in [5.74, 6) is 0. The molecule has 0 aliphatic carbocycles. The van der Waals surface area contributed by atoms with Crippen molar-refractivity contribution in [3.05, 3.63) is 29.1 Å². The zero-order valence-electron chi connectivity index (χ0n) is 7.74. The van der Waals surface area contributed by atoms with Crippen LogP contribution in [0.1, 0.15) is 5.56 Å². The van der Waals surface area contributed by atoms with E-state index in [0.29, 0.717) is 0 Å². The van der Waals surface area contributed by atoms with Crippen molar-refractivity contribution in [3.63, 3.8) is 0 Å². The maximum atomic E-state index is 9.51. The van der Waals surface area contributed by atoms with Gasteiger partial charge in [-0.1, -0.05) is 24.5 Å². The Kier molecular flexibility index (Phi) is 2.14. The van der Waals surface area contributed by atoms with Crippen molar-refractivity contribution in [2.45, 2.75) is 13.7 Å². The Morgan fingerprint density at radius 2 is 2.15 bits per heavy atom. The molecule has 0 unspecified atom stereocenters. The fourth-order valence-electron chi connectivity index (χ4n) is 1.49. The molecule has 3 heteroatoms. The van der Waals surface area contributed by atoms with Crippen LogP contribution in [0, 0.1) is 6.92 Å². The molecule has 2 aromatic rings. The molecule has 0 aliphatic rings. The van der Waals surface area contributed by atoms with Crippen LogP contribution < -0.4 is 5.46 Å². The van der Waals surface area contributed by atoms with Gasteiger partial charge >= 0.3 is 6.92 Å². The van der Waals surface area contributed by atoms with Gasteiger partial charge in [-0.25, -0.2) is 0 Å². The van der Waals surface area contributed by atoms with E-state index in [1.807, 2.05) is 12.2 Å². The summed E-state index contributed by atoms with van der Waals surface area (Å²) in [7, 11) is 0. The van der Waals surface area contributed by atoms with E-state index < -0.39 is 0 Å². The maximum absolute atomic E-state index is 9.51. The molecule has 1 aromatic carbocycles. The Labute approximate surface area is 82.1 Å². The first kappa shape index (κ1) is 8.79. The summed E-state index contributed by atoms with van der Waals surface area (Å²) in [5.41, 5.74) is 2.29. The van der Waals surface area contributed by atoms with Crippen LogP contribution in [0.4, 0.5) is 0 Å². The second-order valence-corrected chi connectivity index (χ2v) is 4.28. The fourth-order valence-corrected chi connectivity index (χ4v) is 2.51. The summed E-state index contributed by atoms with van der Waals surface area (Å²) in [5, 5.41) is 12.7. The smallest absolute Gasteiger partial charge is 0.321 e. The van der Waals surface area contributed by atoms with Crippen molar-refractivity contribution in [1.29, 1.82) is 0 Å². The molecule has 0 saturated carbocycles. The molecule has 0 fully saturated rings. The summed E-state index contributed by atoms with van der Waals surface area (Å²) in [6.07, 6.45) is 0. The lowest BCUT2D eigenvalue weighted by Gasteiger charge is -1.98. The van der Waals surface area contributed by atoms with Crippen LogP contribution in [0.2, 0.25) is 6.82 Å². The molecule has 13 heavy (non-hydrogen) atoms. The van der Waals surface area contributed by atoms with E-state index in [0.717, 1.165) is 5.46 Å². The van der Waals surface area contributed by atoms with Crippen LogP contribution in [-0.4, -0.2) is 11.9 Å². The highest BCUT2D eigenvalue weighted by Crippen LogP contribution is 2.20. The molecular formula is C10H11BOS. The number of hydrogen-bond acceptors (Lipinski definition) is 2. The molecular weight excluding hydrogens is 179 g/mol. The molecule has 0 atom stereocenters. The standard InChI is InChI=1S/C10H11BOS/c1-7-3-4-10-8(5-7)9(6-13-10)11(2)12/h3-6,12H,1-2H3. The van der Waals surface area contributed by atoms with Gasteiger partial charge in [0, 0.05) is 4.70 Å². The van der Waals surface area contributed by atoms with Gasteiger partial charge in [-0.3, -0.25) is 0 Å². The highest BCUT2D eigenvalue weighted by atomic mass is 32.1. The summed E-state index contributed by atoms with van der Waals surface area (Å²) in [6, 6.07) is 6.35.